The van der Waals surface area contributed by atoms with Crippen molar-refractivity contribution >= 4 is 11.6 Å². The second-order valence-corrected chi connectivity index (χ2v) is 5.83. The number of carbonyl (C=O) groups excluding carboxylic acids is 2. The summed E-state index contributed by atoms with van der Waals surface area (Å²) in [4.78, 5) is 24.5. The van der Waals surface area contributed by atoms with Crippen LogP contribution in [-0.4, -0.2) is 43.2 Å². The quantitative estimate of drug-likeness (QED) is 0.529. The summed E-state index contributed by atoms with van der Waals surface area (Å²) in [5.74, 6) is 0.114. The molecule has 0 N–H and O–H groups in total. The molecule has 2 aromatic carbocycles. The van der Waals surface area contributed by atoms with Gasteiger partial charge >= 0.3 is 0 Å². The number of ketones is 2. The molecule has 116 valence electrons. The van der Waals surface area contributed by atoms with Crippen LogP contribution in [0.1, 0.15) is 20.7 Å². The van der Waals surface area contributed by atoms with Crippen LogP contribution in [-0.2, 0) is 0 Å². The Morgan fingerprint density at radius 3 is 1.36 bits per heavy atom. The monoisotopic (exact) mass is 361 g/mol. The van der Waals surface area contributed by atoms with Crippen LogP contribution in [0, 0.1) is 0 Å². The lowest BCUT2D eigenvalue weighted by Gasteiger charge is -2.28. The Hall–Kier alpha value is -1.78. The molecule has 0 aliphatic heterocycles. The first kappa shape index (κ1) is 18.3. The third-order valence-corrected chi connectivity index (χ3v) is 3.33. The van der Waals surface area contributed by atoms with Crippen molar-refractivity contribution in [2.75, 3.05) is 27.2 Å². The van der Waals surface area contributed by atoms with Gasteiger partial charge in [0, 0.05) is 11.1 Å². The summed E-state index contributed by atoms with van der Waals surface area (Å²) >= 11 is 0. The molecule has 0 aliphatic rings. The summed E-state index contributed by atoms with van der Waals surface area (Å²) in [6.45, 7) is 0.616. The Bertz CT molecular complexity index is 569. The van der Waals surface area contributed by atoms with Crippen molar-refractivity contribution in [2.24, 2.45) is 0 Å². The Labute approximate surface area is 141 Å². The normalized spacial score (nSPS) is 10.6. The van der Waals surface area contributed by atoms with Gasteiger partial charge in [0.2, 0.25) is 11.6 Å². The molecule has 0 heterocycles. The van der Waals surface area contributed by atoms with Gasteiger partial charge in [0.15, 0.2) is 0 Å². The standard InChI is InChI=1S/C18H20NO2.BrH/c1-19(2,13-17(20)15-9-5-3-6-10-15)14-18(21)16-11-7-4-8-12-16;/h3-12H,13-14H2,1-2H3;1H/q+1;/p-1. The van der Waals surface area contributed by atoms with Gasteiger partial charge in [0.05, 0.1) is 14.1 Å². The van der Waals surface area contributed by atoms with E-state index in [4.69, 9.17) is 0 Å². The number of hydrogen-bond donors (Lipinski definition) is 0. The molecule has 0 aliphatic carbocycles. The van der Waals surface area contributed by atoms with Gasteiger partial charge in [-0.25, -0.2) is 0 Å². The fourth-order valence-electron chi connectivity index (χ4n) is 2.26. The molecule has 22 heavy (non-hydrogen) atoms. The van der Waals surface area contributed by atoms with Crippen LogP contribution in [0.5, 0.6) is 0 Å². The molecule has 0 bridgehead atoms. The van der Waals surface area contributed by atoms with E-state index in [0.717, 1.165) is 0 Å². The topological polar surface area (TPSA) is 34.1 Å². The fourth-order valence-corrected chi connectivity index (χ4v) is 2.26. The summed E-state index contributed by atoms with van der Waals surface area (Å²) in [6, 6.07) is 18.4. The summed E-state index contributed by atoms with van der Waals surface area (Å²) < 4.78 is 0.349. The number of quaternary nitrogens is 1. The van der Waals surface area contributed by atoms with E-state index in [9.17, 15) is 9.59 Å². The van der Waals surface area contributed by atoms with Crippen LogP contribution in [0.2, 0.25) is 0 Å². The van der Waals surface area contributed by atoms with E-state index in [2.05, 4.69) is 0 Å². The van der Waals surface area contributed by atoms with Crippen LogP contribution in [0.4, 0.5) is 0 Å². The van der Waals surface area contributed by atoms with E-state index in [1.54, 1.807) is 24.3 Å². The van der Waals surface area contributed by atoms with Gasteiger partial charge in [0.25, 0.3) is 0 Å². The van der Waals surface area contributed by atoms with Crippen LogP contribution in [0.25, 0.3) is 0 Å². The second-order valence-electron chi connectivity index (χ2n) is 5.83. The number of likely N-dealkylation sites (N-methyl/N-ethyl adjacent to an activating group) is 1. The maximum Gasteiger partial charge on any atom is 0.216 e. The zero-order chi connectivity index (χ0) is 15.3. The maximum atomic E-state index is 12.3. The summed E-state index contributed by atoms with van der Waals surface area (Å²) in [6.07, 6.45) is 0. The van der Waals surface area contributed by atoms with Crippen molar-refractivity contribution in [3.05, 3.63) is 71.8 Å². The Kier molecular flexibility index (Phi) is 6.65. The highest BCUT2D eigenvalue weighted by molar-refractivity contribution is 5.98. The molecular weight excluding hydrogens is 342 g/mol. The van der Waals surface area contributed by atoms with Crippen LogP contribution in [0.3, 0.4) is 0 Å². The number of Topliss-reactive ketones (excluding diaryl/α,β-unsaturated/α-hetero) is 2. The van der Waals surface area contributed by atoms with Crippen molar-refractivity contribution in [2.45, 2.75) is 0 Å². The summed E-state index contributed by atoms with van der Waals surface area (Å²) in [5.41, 5.74) is 1.38. The molecule has 0 saturated carbocycles. The molecule has 0 fully saturated rings. The number of carbonyl (C=O) groups is 2. The van der Waals surface area contributed by atoms with E-state index in [1.165, 1.54) is 0 Å². The smallest absolute Gasteiger partial charge is 0.216 e. The average Bonchev–Trinajstić information content (AvgIpc) is 2.48. The molecule has 0 radical (unpaired) electrons. The molecule has 0 atom stereocenters. The minimum absolute atomic E-state index is 0. The Morgan fingerprint density at radius 2 is 1.05 bits per heavy atom. The molecule has 0 saturated heterocycles. The van der Waals surface area contributed by atoms with E-state index >= 15 is 0 Å². The molecule has 0 spiro atoms. The number of halogens is 1. The first-order chi connectivity index (χ1) is 9.98. The van der Waals surface area contributed by atoms with Gasteiger partial charge in [-0.3, -0.25) is 9.59 Å². The largest absolute Gasteiger partial charge is 1.00 e. The molecule has 2 rings (SSSR count). The van der Waals surface area contributed by atoms with Crippen molar-refractivity contribution in [3.8, 4) is 0 Å². The SMILES string of the molecule is C[N+](C)(CC(=O)c1ccccc1)CC(=O)c1ccccc1.[Br-]. The maximum absolute atomic E-state index is 12.3. The number of rotatable bonds is 6. The lowest BCUT2D eigenvalue weighted by Crippen LogP contribution is -3.00. The van der Waals surface area contributed by atoms with Gasteiger partial charge in [0.1, 0.15) is 13.1 Å². The minimum atomic E-state index is 0. The first-order valence-corrected chi connectivity index (χ1v) is 6.96. The molecule has 0 unspecified atom stereocenters. The highest BCUT2D eigenvalue weighted by atomic mass is 79.9. The predicted octanol–water partition coefficient (Wildman–Crippen LogP) is -0.167. The average molecular weight is 362 g/mol. The highest BCUT2D eigenvalue weighted by Crippen LogP contribution is 2.08. The van der Waals surface area contributed by atoms with E-state index in [1.807, 2.05) is 50.5 Å². The fraction of sp³-hybridized carbons (Fsp3) is 0.222. The summed E-state index contributed by atoms with van der Waals surface area (Å²) in [7, 11) is 3.81. The zero-order valence-electron chi connectivity index (χ0n) is 12.8. The van der Waals surface area contributed by atoms with Crippen molar-refractivity contribution in [1.82, 2.24) is 0 Å². The van der Waals surface area contributed by atoms with Gasteiger partial charge in [-0.05, 0) is 0 Å². The van der Waals surface area contributed by atoms with Crippen LogP contribution < -0.4 is 17.0 Å². The van der Waals surface area contributed by atoms with E-state index in [0.29, 0.717) is 28.7 Å². The van der Waals surface area contributed by atoms with Crippen molar-refractivity contribution in [3.63, 3.8) is 0 Å². The lowest BCUT2D eigenvalue weighted by atomic mass is 10.1. The van der Waals surface area contributed by atoms with E-state index < -0.39 is 0 Å². The third kappa shape index (κ3) is 5.20. The second kappa shape index (κ2) is 8.01. The highest BCUT2D eigenvalue weighted by Gasteiger charge is 2.24. The summed E-state index contributed by atoms with van der Waals surface area (Å²) in [5, 5.41) is 0. The van der Waals surface area contributed by atoms with Gasteiger partial charge in [-0.2, -0.15) is 0 Å². The number of benzene rings is 2. The Morgan fingerprint density at radius 1 is 0.727 bits per heavy atom. The first-order valence-electron chi connectivity index (χ1n) is 6.96. The Balaban J connectivity index is 0.00000242. The molecule has 0 amide bonds. The third-order valence-electron chi connectivity index (χ3n) is 3.33. The molecule has 4 heteroatoms. The van der Waals surface area contributed by atoms with Gasteiger partial charge in [-0.1, -0.05) is 60.7 Å². The number of nitrogens with zero attached hydrogens (tertiary/aromatic N) is 1. The van der Waals surface area contributed by atoms with Crippen LogP contribution in [0.15, 0.2) is 60.7 Å². The van der Waals surface area contributed by atoms with Crippen molar-refractivity contribution in [1.29, 1.82) is 0 Å². The molecular formula is C18H20BrNO2. The predicted molar refractivity (Wildman–Crippen MR) is 83.4 cm³/mol. The molecule has 3 nitrogen and oxygen atoms in total. The van der Waals surface area contributed by atoms with Gasteiger partial charge < -0.3 is 21.5 Å². The molecule has 0 aromatic heterocycles. The zero-order valence-corrected chi connectivity index (χ0v) is 14.4. The molecule has 2 aromatic rings. The van der Waals surface area contributed by atoms with E-state index in [-0.39, 0.29) is 28.5 Å². The lowest BCUT2D eigenvalue weighted by molar-refractivity contribution is -0.873. The minimum Gasteiger partial charge on any atom is -1.00 e. The van der Waals surface area contributed by atoms with Gasteiger partial charge in [-0.15, -0.1) is 0 Å². The number of hydrogen-bond acceptors (Lipinski definition) is 2. The van der Waals surface area contributed by atoms with Crippen LogP contribution >= 0.6 is 0 Å². The van der Waals surface area contributed by atoms with Crippen molar-refractivity contribution < 1.29 is 31.1 Å².